The molecule has 0 spiro atoms. The van der Waals surface area contributed by atoms with Crippen molar-refractivity contribution in [2.24, 2.45) is 5.41 Å². The van der Waals surface area contributed by atoms with Crippen molar-refractivity contribution in [2.75, 3.05) is 6.54 Å². The number of halogens is 1. The van der Waals surface area contributed by atoms with Gasteiger partial charge in [0.25, 0.3) is 0 Å². The summed E-state index contributed by atoms with van der Waals surface area (Å²) in [4.78, 5) is 15.0. The Morgan fingerprint density at radius 2 is 2.11 bits per heavy atom. The molecule has 0 aliphatic rings. The third-order valence-electron chi connectivity index (χ3n) is 3.09. The third kappa shape index (κ3) is 3.29. The molecule has 0 radical (unpaired) electrons. The van der Waals surface area contributed by atoms with Gasteiger partial charge in [-0.1, -0.05) is 32.4 Å². The van der Waals surface area contributed by atoms with E-state index in [1.54, 1.807) is 0 Å². The molecular weight excluding hydrogens is 260 g/mol. The van der Waals surface area contributed by atoms with Crippen LogP contribution in [0.15, 0.2) is 24.4 Å². The lowest BCUT2D eigenvalue weighted by molar-refractivity contribution is -0.128. The highest BCUT2D eigenvalue weighted by Crippen LogP contribution is 2.22. The van der Waals surface area contributed by atoms with Crippen LogP contribution in [0.4, 0.5) is 0 Å². The summed E-state index contributed by atoms with van der Waals surface area (Å²) in [6, 6.07) is 5.79. The molecule has 2 aromatic rings. The van der Waals surface area contributed by atoms with Gasteiger partial charge in [0.05, 0.1) is 0 Å². The Morgan fingerprint density at radius 3 is 2.79 bits per heavy atom. The molecule has 4 heteroatoms. The maximum absolute atomic E-state index is 11.8. The van der Waals surface area contributed by atoms with Crippen LogP contribution >= 0.6 is 11.6 Å². The number of amides is 1. The number of benzene rings is 1. The smallest absolute Gasteiger partial charge is 0.225 e. The zero-order chi connectivity index (χ0) is 14.0. The first-order valence-electron chi connectivity index (χ1n) is 6.42. The summed E-state index contributed by atoms with van der Waals surface area (Å²) in [6.45, 7) is 6.37. The van der Waals surface area contributed by atoms with Crippen molar-refractivity contribution in [1.82, 2.24) is 10.3 Å². The van der Waals surface area contributed by atoms with Crippen LogP contribution in [-0.2, 0) is 11.2 Å². The molecule has 1 aromatic carbocycles. The molecule has 0 saturated heterocycles. The van der Waals surface area contributed by atoms with Gasteiger partial charge < -0.3 is 10.3 Å². The van der Waals surface area contributed by atoms with E-state index in [2.05, 4.69) is 10.3 Å². The van der Waals surface area contributed by atoms with Gasteiger partial charge in [0, 0.05) is 34.1 Å². The van der Waals surface area contributed by atoms with Crippen molar-refractivity contribution < 1.29 is 4.79 Å². The van der Waals surface area contributed by atoms with Crippen LogP contribution in [-0.4, -0.2) is 17.4 Å². The van der Waals surface area contributed by atoms with Gasteiger partial charge in [-0.25, -0.2) is 0 Å². The topological polar surface area (TPSA) is 44.9 Å². The Bertz CT molecular complexity index is 596. The fourth-order valence-corrected chi connectivity index (χ4v) is 2.11. The molecule has 2 rings (SSSR count). The molecule has 3 nitrogen and oxygen atoms in total. The molecule has 19 heavy (non-hydrogen) atoms. The van der Waals surface area contributed by atoms with Crippen molar-refractivity contribution in [1.29, 1.82) is 0 Å². The number of nitrogens with one attached hydrogen (secondary N) is 2. The largest absolute Gasteiger partial charge is 0.361 e. The zero-order valence-corrected chi connectivity index (χ0v) is 12.3. The second-order valence-electron chi connectivity index (χ2n) is 5.76. The molecule has 0 bridgehead atoms. The quantitative estimate of drug-likeness (QED) is 0.886. The van der Waals surface area contributed by atoms with Gasteiger partial charge in [-0.15, -0.1) is 0 Å². The lowest BCUT2D eigenvalue weighted by Crippen LogP contribution is -2.35. The minimum absolute atomic E-state index is 0.0744. The van der Waals surface area contributed by atoms with E-state index in [4.69, 9.17) is 11.6 Å². The Balaban J connectivity index is 2.03. The monoisotopic (exact) mass is 278 g/mol. The molecule has 102 valence electrons. The summed E-state index contributed by atoms with van der Waals surface area (Å²) in [7, 11) is 0. The van der Waals surface area contributed by atoms with Crippen molar-refractivity contribution in [3.05, 3.63) is 35.0 Å². The van der Waals surface area contributed by atoms with E-state index in [0.717, 1.165) is 22.3 Å². The minimum Gasteiger partial charge on any atom is -0.361 e. The van der Waals surface area contributed by atoms with Crippen LogP contribution in [0.3, 0.4) is 0 Å². The second kappa shape index (κ2) is 5.25. The van der Waals surface area contributed by atoms with Gasteiger partial charge >= 0.3 is 0 Å². The highest BCUT2D eigenvalue weighted by molar-refractivity contribution is 6.31. The molecule has 2 N–H and O–H groups in total. The number of fused-ring (bicyclic) bond motifs is 1. The van der Waals surface area contributed by atoms with E-state index in [1.165, 1.54) is 5.56 Å². The molecule has 1 aromatic heterocycles. The SMILES string of the molecule is CC(C)(C)C(=O)NCCc1c[nH]c2ccc(Cl)cc12. The minimum atomic E-state index is -0.344. The number of carbonyl (C=O) groups is 1. The Kier molecular flexibility index (Phi) is 3.85. The number of H-pyrrole nitrogens is 1. The van der Waals surface area contributed by atoms with E-state index < -0.39 is 0 Å². The number of hydrogen-bond acceptors (Lipinski definition) is 1. The number of carbonyl (C=O) groups excluding carboxylic acids is 1. The summed E-state index contributed by atoms with van der Waals surface area (Å²) in [5.74, 6) is 0.0744. The average molecular weight is 279 g/mol. The van der Waals surface area contributed by atoms with Crippen LogP contribution in [0.5, 0.6) is 0 Å². The summed E-state index contributed by atoms with van der Waals surface area (Å²) >= 11 is 6.01. The summed E-state index contributed by atoms with van der Waals surface area (Å²) in [6.07, 6.45) is 2.77. The van der Waals surface area contributed by atoms with Crippen LogP contribution in [0.2, 0.25) is 5.02 Å². The maximum Gasteiger partial charge on any atom is 0.225 e. The first-order valence-corrected chi connectivity index (χ1v) is 6.79. The lowest BCUT2D eigenvalue weighted by Gasteiger charge is -2.17. The van der Waals surface area contributed by atoms with E-state index in [0.29, 0.717) is 6.54 Å². The van der Waals surface area contributed by atoms with Crippen LogP contribution in [0, 0.1) is 5.41 Å². The highest BCUT2D eigenvalue weighted by Gasteiger charge is 2.20. The van der Waals surface area contributed by atoms with Gasteiger partial charge in [0.2, 0.25) is 5.91 Å². The molecule has 0 unspecified atom stereocenters. The molecule has 0 atom stereocenters. The van der Waals surface area contributed by atoms with Crippen molar-refractivity contribution in [2.45, 2.75) is 27.2 Å². The number of rotatable bonds is 3. The van der Waals surface area contributed by atoms with Gasteiger partial charge in [-0.2, -0.15) is 0 Å². The van der Waals surface area contributed by atoms with Crippen molar-refractivity contribution >= 4 is 28.4 Å². The summed E-state index contributed by atoms with van der Waals surface area (Å²) in [5, 5.41) is 4.81. The van der Waals surface area contributed by atoms with E-state index in [1.807, 2.05) is 45.2 Å². The fourth-order valence-electron chi connectivity index (χ4n) is 1.93. The maximum atomic E-state index is 11.8. The van der Waals surface area contributed by atoms with Crippen molar-refractivity contribution in [3.63, 3.8) is 0 Å². The van der Waals surface area contributed by atoms with Crippen LogP contribution < -0.4 is 5.32 Å². The van der Waals surface area contributed by atoms with E-state index in [-0.39, 0.29) is 11.3 Å². The molecule has 0 fully saturated rings. The van der Waals surface area contributed by atoms with Crippen molar-refractivity contribution in [3.8, 4) is 0 Å². The van der Waals surface area contributed by atoms with Gasteiger partial charge in [0.15, 0.2) is 0 Å². The molecule has 0 aliphatic heterocycles. The Labute approximate surface area is 118 Å². The Hall–Kier alpha value is -1.48. The molecule has 1 heterocycles. The third-order valence-corrected chi connectivity index (χ3v) is 3.33. The first-order chi connectivity index (χ1) is 8.88. The number of aromatic amines is 1. The number of aromatic nitrogens is 1. The second-order valence-corrected chi connectivity index (χ2v) is 6.20. The summed E-state index contributed by atoms with van der Waals surface area (Å²) in [5.41, 5.74) is 1.90. The molecule has 0 aliphatic carbocycles. The van der Waals surface area contributed by atoms with Gasteiger partial charge in [-0.05, 0) is 30.2 Å². The predicted molar refractivity (Wildman–Crippen MR) is 79.5 cm³/mol. The van der Waals surface area contributed by atoms with Crippen LogP contribution in [0.1, 0.15) is 26.3 Å². The van der Waals surface area contributed by atoms with Gasteiger partial charge in [0.1, 0.15) is 0 Å². The number of hydrogen-bond donors (Lipinski definition) is 2. The molecule has 1 amide bonds. The fraction of sp³-hybridized carbons (Fsp3) is 0.400. The molecule has 0 saturated carbocycles. The normalized spacial score (nSPS) is 11.8. The predicted octanol–water partition coefficient (Wildman–Crippen LogP) is 3.53. The highest BCUT2D eigenvalue weighted by atomic mass is 35.5. The summed E-state index contributed by atoms with van der Waals surface area (Å²) < 4.78 is 0. The Morgan fingerprint density at radius 1 is 1.37 bits per heavy atom. The average Bonchev–Trinajstić information content (AvgIpc) is 2.70. The molecular formula is C15H19ClN2O. The van der Waals surface area contributed by atoms with E-state index >= 15 is 0 Å². The first kappa shape index (κ1) is 13.9. The lowest BCUT2D eigenvalue weighted by atomic mass is 9.95. The van der Waals surface area contributed by atoms with Crippen LogP contribution in [0.25, 0.3) is 10.9 Å². The van der Waals surface area contributed by atoms with Gasteiger partial charge in [-0.3, -0.25) is 4.79 Å². The zero-order valence-electron chi connectivity index (χ0n) is 11.5. The standard InChI is InChI=1S/C15H19ClN2O/c1-15(2,3)14(19)17-7-6-10-9-18-13-5-4-11(16)8-12(10)13/h4-5,8-9,18H,6-7H2,1-3H3,(H,17,19). The van der Waals surface area contributed by atoms with E-state index in [9.17, 15) is 4.79 Å².